The number of aromatic nitrogens is 1. The molecular formula is C5H5ClN2O3S. The second-order valence-electron chi connectivity index (χ2n) is 2.04. The lowest BCUT2D eigenvalue weighted by atomic mass is 10.5. The fourth-order valence-corrected chi connectivity index (χ4v) is 1.47. The molecule has 1 aromatic heterocycles. The summed E-state index contributed by atoms with van der Waals surface area (Å²) < 4.78 is 21.4. The van der Waals surface area contributed by atoms with Crippen LogP contribution in [0.2, 0.25) is 5.02 Å². The minimum atomic E-state index is -3.98. The number of aromatic amines is 1. The number of H-pyrrole nitrogens is 1. The van der Waals surface area contributed by atoms with Crippen molar-refractivity contribution in [2.75, 3.05) is 0 Å². The fourth-order valence-electron chi connectivity index (χ4n) is 0.651. The van der Waals surface area contributed by atoms with Crippen molar-refractivity contribution in [3.8, 4) is 0 Å². The number of hydrogen-bond donors (Lipinski definition) is 2. The zero-order valence-electron chi connectivity index (χ0n) is 5.74. The smallest absolute Gasteiger partial charge is 0.243 e. The SMILES string of the molecule is NS(=O)(=O)c1c[nH]cc(Cl)c1=O. The van der Waals surface area contributed by atoms with Gasteiger partial charge in [0.2, 0.25) is 15.5 Å². The van der Waals surface area contributed by atoms with Gasteiger partial charge in [-0.15, -0.1) is 0 Å². The van der Waals surface area contributed by atoms with Gasteiger partial charge in [0.1, 0.15) is 9.92 Å². The van der Waals surface area contributed by atoms with E-state index < -0.39 is 20.3 Å². The Morgan fingerprint density at radius 3 is 2.42 bits per heavy atom. The predicted molar refractivity (Wildman–Crippen MR) is 43.4 cm³/mol. The van der Waals surface area contributed by atoms with Crippen LogP contribution >= 0.6 is 11.6 Å². The molecule has 0 aliphatic heterocycles. The van der Waals surface area contributed by atoms with Gasteiger partial charge >= 0.3 is 0 Å². The van der Waals surface area contributed by atoms with Crippen molar-refractivity contribution >= 4 is 21.6 Å². The minimum Gasteiger partial charge on any atom is -0.365 e. The first-order valence-electron chi connectivity index (χ1n) is 2.82. The maximum absolute atomic E-state index is 11.0. The molecule has 0 fully saturated rings. The summed E-state index contributed by atoms with van der Waals surface area (Å²) in [5, 5.41) is 4.51. The third-order valence-electron chi connectivity index (χ3n) is 1.17. The average Bonchev–Trinajstić information content (AvgIpc) is 1.92. The maximum atomic E-state index is 11.0. The van der Waals surface area contributed by atoms with Gasteiger partial charge in [-0.1, -0.05) is 11.6 Å². The monoisotopic (exact) mass is 208 g/mol. The molecule has 0 unspecified atom stereocenters. The molecule has 0 aliphatic carbocycles. The summed E-state index contributed by atoms with van der Waals surface area (Å²) in [5.41, 5.74) is -0.794. The Morgan fingerprint density at radius 2 is 2.00 bits per heavy atom. The molecule has 12 heavy (non-hydrogen) atoms. The van der Waals surface area contributed by atoms with Gasteiger partial charge in [0, 0.05) is 12.4 Å². The summed E-state index contributed by atoms with van der Waals surface area (Å²) in [4.78, 5) is 12.9. The number of rotatable bonds is 1. The van der Waals surface area contributed by atoms with Crippen molar-refractivity contribution in [1.29, 1.82) is 0 Å². The van der Waals surface area contributed by atoms with Crippen molar-refractivity contribution in [3.63, 3.8) is 0 Å². The van der Waals surface area contributed by atoms with Crippen molar-refractivity contribution in [1.82, 2.24) is 4.98 Å². The van der Waals surface area contributed by atoms with E-state index in [1.807, 2.05) is 0 Å². The Hall–Kier alpha value is -0.850. The van der Waals surface area contributed by atoms with Crippen LogP contribution < -0.4 is 10.6 Å². The molecule has 1 heterocycles. The lowest BCUT2D eigenvalue weighted by Crippen LogP contribution is -2.21. The number of nitrogens with one attached hydrogen (secondary N) is 1. The van der Waals surface area contributed by atoms with E-state index in [0.29, 0.717) is 0 Å². The standard InChI is InChI=1S/C5H5ClN2O3S/c6-3-1-8-2-4(5(3)9)12(7,10)11/h1-2H,(H,8,9)(H2,7,10,11). The van der Waals surface area contributed by atoms with Gasteiger partial charge in [-0.25, -0.2) is 13.6 Å². The summed E-state index contributed by atoms with van der Waals surface area (Å²) >= 11 is 5.36. The summed E-state index contributed by atoms with van der Waals surface area (Å²) in [5.74, 6) is 0. The van der Waals surface area contributed by atoms with E-state index >= 15 is 0 Å². The second-order valence-corrected chi connectivity index (χ2v) is 3.98. The van der Waals surface area contributed by atoms with Gasteiger partial charge in [-0.2, -0.15) is 0 Å². The topological polar surface area (TPSA) is 93.0 Å². The van der Waals surface area contributed by atoms with Crippen LogP contribution in [0.1, 0.15) is 0 Å². The van der Waals surface area contributed by atoms with Crippen LogP contribution in [0.25, 0.3) is 0 Å². The van der Waals surface area contributed by atoms with Crippen LogP contribution in [-0.2, 0) is 10.0 Å². The molecule has 3 N–H and O–H groups in total. The molecule has 1 aromatic rings. The highest BCUT2D eigenvalue weighted by atomic mass is 35.5. The first kappa shape index (κ1) is 9.24. The number of nitrogens with two attached hydrogens (primary N) is 1. The minimum absolute atomic E-state index is 0.207. The Bertz CT molecular complexity index is 450. The van der Waals surface area contributed by atoms with Crippen LogP contribution in [0, 0.1) is 0 Å². The van der Waals surface area contributed by atoms with Gasteiger partial charge in [0.25, 0.3) is 0 Å². The highest BCUT2D eigenvalue weighted by Gasteiger charge is 2.13. The Balaban J connectivity index is 3.59. The summed E-state index contributed by atoms with van der Waals surface area (Å²) in [7, 11) is -3.98. The summed E-state index contributed by atoms with van der Waals surface area (Å²) in [6, 6.07) is 0. The first-order valence-corrected chi connectivity index (χ1v) is 4.75. The molecule has 0 radical (unpaired) electrons. The number of halogens is 1. The van der Waals surface area contributed by atoms with Crippen LogP contribution in [0.4, 0.5) is 0 Å². The normalized spacial score (nSPS) is 11.5. The largest absolute Gasteiger partial charge is 0.365 e. The van der Waals surface area contributed by atoms with E-state index in [9.17, 15) is 13.2 Å². The van der Waals surface area contributed by atoms with E-state index in [2.05, 4.69) is 4.98 Å². The van der Waals surface area contributed by atoms with Gasteiger partial charge in [-0.3, -0.25) is 4.79 Å². The Kier molecular flexibility index (Phi) is 2.22. The zero-order valence-corrected chi connectivity index (χ0v) is 7.32. The molecule has 0 saturated carbocycles. The zero-order chi connectivity index (χ0) is 9.35. The molecule has 0 aromatic carbocycles. The van der Waals surface area contributed by atoms with Crippen molar-refractivity contribution < 1.29 is 8.42 Å². The summed E-state index contributed by atoms with van der Waals surface area (Å²) in [6.07, 6.45) is 2.17. The van der Waals surface area contributed by atoms with Gasteiger partial charge in [-0.05, 0) is 0 Å². The highest BCUT2D eigenvalue weighted by molar-refractivity contribution is 7.89. The van der Waals surface area contributed by atoms with Crippen LogP contribution in [0.5, 0.6) is 0 Å². The Morgan fingerprint density at radius 1 is 1.42 bits per heavy atom. The molecule has 5 nitrogen and oxygen atoms in total. The molecule has 1 rings (SSSR count). The molecular weight excluding hydrogens is 204 g/mol. The number of pyridine rings is 1. The van der Waals surface area contributed by atoms with E-state index in [1.54, 1.807) is 0 Å². The van der Waals surface area contributed by atoms with E-state index in [4.69, 9.17) is 16.7 Å². The molecule has 7 heteroatoms. The van der Waals surface area contributed by atoms with E-state index in [1.165, 1.54) is 6.20 Å². The van der Waals surface area contributed by atoms with E-state index in [-0.39, 0.29) is 5.02 Å². The average molecular weight is 209 g/mol. The van der Waals surface area contributed by atoms with Crippen molar-refractivity contribution in [2.24, 2.45) is 5.14 Å². The summed E-state index contributed by atoms with van der Waals surface area (Å²) in [6.45, 7) is 0. The molecule has 0 bridgehead atoms. The number of primary sulfonamides is 1. The third kappa shape index (κ3) is 1.66. The lowest BCUT2D eigenvalue weighted by Gasteiger charge is -1.95. The van der Waals surface area contributed by atoms with Crippen molar-refractivity contribution in [2.45, 2.75) is 4.90 Å². The number of sulfonamides is 1. The molecule has 0 atom stereocenters. The molecule has 0 saturated heterocycles. The van der Waals surface area contributed by atoms with Gasteiger partial charge in [0.15, 0.2) is 0 Å². The van der Waals surface area contributed by atoms with Gasteiger partial charge in [0.05, 0.1) is 0 Å². The lowest BCUT2D eigenvalue weighted by molar-refractivity contribution is 0.596. The molecule has 0 amide bonds. The second kappa shape index (κ2) is 2.89. The van der Waals surface area contributed by atoms with Gasteiger partial charge < -0.3 is 4.98 Å². The molecule has 0 aliphatic rings. The maximum Gasteiger partial charge on any atom is 0.243 e. The third-order valence-corrected chi connectivity index (χ3v) is 2.37. The molecule has 0 spiro atoms. The molecule has 66 valence electrons. The fraction of sp³-hybridized carbons (Fsp3) is 0. The van der Waals surface area contributed by atoms with E-state index in [0.717, 1.165) is 6.20 Å². The van der Waals surface area contributed by atoms with Crippen LogP contribution in [0.3, 0.4) is 0 Å². The first-order chi connectivity index (χ1) is 5.43. The quantitative estimate of drug-likeness (QED) is 0.662. The number of hydrogen-bond acceptors (Lipinski definition) is 3. The highest BCUT2D eigenvalue weighted by Crippen LogP contribution is 2.03. The van der Waals surface area contributed by atoms with Crippen molar-refractivity contribution in [3.05, 3.63) is 27.6 Å². The van der Waals surface area contributed by atoms with Crippen LogP contribution in [0.15, 0.2) is 22.1 Å². The van der Waals surface area contributed by atoms with Crippen LogP contribution in [-0.4, -0.2) is 13.4 Å². The Labute approximate surface area is 73.2 Å². The predicted octanol–water partition coefficient (Wildman–Crippen LogP) is -0.324.